The summed E-state index contributed by atoms with van der Waals surface area (Å²) >= 11 is 0. The number of ether oxygens (including phenoxy) is 2. The monoisotopic (exact) mass is 674 g/mol. The Kier molecular flexibility index (Phi) is 6.50. The maximum Gasteiger partial charge on any atom is 0.137 e. The van der Waals surface area contributed by atoms with Crippen LogP contribution in [0.2, 0.25) is 0 Å². The Morgan fingerprint density at radius 3 is 2.31 bits per heavy atom. The van der Waals surface area contributed by atoms with Crippen LogP contribution in [-0.4, -0.2) is 30.1 Å². The number of hydrogen-bond donors (Lipinski definition) is 0. The highest BCUT2D eigenvalue weighted by atomic mass is 16.5. The number of nitrogens with zero attached hydrogens (tertiary/aromatic N) is 2. The van der Waals surface area contributed by atoms with Crippen molar-refractivity contribution < 1.29 is 9.47 Å². The molecule has 5 atom stereocenters. The summed E-state index contributed by atoms with van der Waals surface area (Å²) in [4.78, 5) is 5.19. The normalized spacial score (nSPS) is 25.7. The predicted octanol–water partition coefficient (Wildman–Crippen LogP) is 10.9. The van der Waals surface area contributed by atoms with Gasteiger partial charge in [0.05, 0.1) is 17.5 Å². The van der Waals surface area contributed by atoms with E-state index in [1.165, 1.54) is 22.5 Å². The summed E-state index contributed by atoms with van der Waals surface area (Å²) in [7, 11) is 0. The van der Waals surface area contributed by atoms with Crippen molar-refractivity contribution in [2.45, 2.75) is 30.8 Å². The van der Waals surface area contributed by atoms with Gasteiger partial charge in [0.15, 0.2) is 0 Å². The van der Waals surface area contributed by atoms with Gasteiger partial charge in [0, 0.05) is 53.1 Å². The van der Waals surface area contributed by atoms with Gasteiger partial charge in [0.1, 0.15) is 23.0 Å². The van der Waals surface area contributed by atoms with Crippen LogP contribution in [0, 0.1) is 5.92 Å². The molecule has 0 spiro atoms. The molecular formula is C48H38N2O2. The summed E-state index contributed by atoms with van der Waals surface area (Å²) in [5.74, 6) is 3.85. The molecule has 1 fully saturated rings. The van der Waals surface area contributed by atoms with E-state index in [0.29, 0.717) is 12.0 Å². The van der Waals surface area contributed by atoms with E-state index in [1.807, 2.05) is 0 Å². The molecule has 0 saturated carbocycles. The Morgan fingerprint density at radius 2 is 1.40 bits per heavy atom. The van der Waals surface area contributed by atoms with Gasteiger partial charge in [-0.1, -0.05) is 109 Å². The second kappa shape index (κ2) is 11.3. The van der Waals surface area contributed by atoms with Crippen molar-refractivity contribution in [3.05, 3.63) is 180 Å². The van der Waals surface area contributed by atoms with Gasteiger partial charge in [-0.05, 0) is 83.6 Å². The van der Waals surface area contributed by atoms with Crippen molar-refractivity contribution in [1.82, 2.24) is 4.90 Å². The molecule has 4 nitrogen and oxygen atoms in total. The molecule has 6 aliphatic rings. The van der Waals surface area contributed by atoms with Crippen molar-refractivity contribution in [2.24, 2.45) is 5.92 Å². The molecule has 0 radical (unpaired) electrons. The third-order valence-electron chi connectivity index (χ3n) is 12.0. The van der Waals surface area contributed by atoms with Crippen molar-refractivity contribution >= 4 is 5.69 Å². The number of fused-ring (bicyclic) bond motifs is 10. The van der Waals surface area contributed by atoms with Crippen molar-refractivity contribution in [1.29, 1.82) is 0 Å². The number of allylic oxidation sites excluding steroid dienone is 6. The second-order valence-corrected chi connectivity index (χ2v) is 15.0. The summed E-state index contributed by atoms with van der Waals surface area (Å²) in [6, 6.07) is 42.1. The third kappa shape index (κ3) is 4.57. The first kappa shape index (κ1) is 29.8. The first-order valence-electron chi connectivity index (χ1n) is 18.5. The number of hydrogen-bond acceptors (Lipinski definition) is 4. The van der Waals surface area contributed by atoms with Gasteiger partial charge in [-0.15, -0.1) is 0 Å². The SMILES string of the molecule is CC12CC=CC=C1Oc1cc(N3C4=C(CN5CC45)C4C=CC=CC43)ccc1-c1ccc(-c3cccc(-c4ccccc4)c3)cc1Oc1ccccc12. The lowest BCUT2D eigenvalue weighted by molar-refractivity contribution is 0.314. The average molecular weight is 675 g/mol. The van der Waals surface area contributed by atoms with Gasteiger partial charge in [-0.25, -0.2) is 0 Å². The van der Waals surface area contributed by atoms with E-state index in [0.717, 1.165) is 70.3 Å². The molecule has 5 unspecified atom stereocenters. The Balaban J connectivity index is 1.09. The largest absolute Gasteiger partial charge is 0.460 e. The maximum atomic E-state index is 7.23. The van der Waals surface area contributed by atoms with Crippen molar-refractivity contribution in [3.8, 4) is 50.6 Å². The van der Waals surface area contributed by atoms with Gasteiger partial charge in [0.25, 0.3) is 0 Å². The Labute approximate surface area is 304 Å². The zero-order valence-electron chi connectivity index (χ0n) is 29.1. The molecule has 2 aliphatic carbocycles. The third-order valence-corrected chi connectivity index (χ3v) is 12.0. The molecule has 0 bridgehead atoms. The summed E-state index contributed by atoms with van der Waals surface area (Å²) in [6.07, 6.45) is 16.5. The minimum atomic E-state index is -0.414. The minimum absolute atomic E-state index is 0.286. The highest BCUT2D eigenvalue weighted by Crippen LogP contribution is 2.54. The smallest absolute Gasteiger partial charge is 0.137 e. The highest BCUT2D eigenvalue weighted by molar-refractivity contribution is 5.84. The fourth-order valence-electron chi connectivity index (χ4n) is 9.22. The Bertz CT molecular complexity index is 2450. The molecule has 0 N–H and O–H groups in total. The van der Waals surface area contributed by atoms with E-state index in [2.05, 4.69) is 175 Å². The lowest BCUT2D eigenvalue weighted by Crippen LogP contribution is -2.35. The number of benzene rings is 5. The number of anilines is 1. The van der Waals surface area contributed by atoms with Gasteiger partial charge in [0.2, 0.25) is 0 Å². The van der Waals surface area contributed by atoms with Crippen LogP contribution in [0.5, 0.6) is 17.2 Å². The van der Waals surface area contributed by atoms with Crippen LogP contribution in [0.4, 0.5) is 5.69 Å². The second-order valence-electron chi connectivity index (χ2n) is 15.0. The van der Waals surface area contributed by atoms with Crippen LogP contribution < -0.4 is 14.4 Å². The van der Waals surface area contributed by atoms with Crippen LogP contribution in [0.25, 0.3) is 33.4 Å². The van der Waals surface area contributed by atoms with Crippen LogP contribution in [0.1, 0.15) is 18.9 Å². The Morgan fingerprint density at radius 1 is 0.654 bits per heavy atom. The van der Waals surface area contributed by atoms with Crippen LogP contribution in [0.3, 0.4) is 0 Å². The van der Waals surface area contributed by atoms with E-state index in [9.17, 15) is 0 Å². The first-order chi connectivity index (χ1) is 25.6. The van der Waals surface area contributed by atoms with Gasteiger partial charge in [-0.2, -0.15) is 0 Å². The van der Waals surface area contributed by atoms with E-state index in [1.54, 1.807) is 5.57 Å². The van der Waals surface area contributed by atoms with Crippen LogP contribution >= 0.6 is 0 Å². The van der Waals surface area contributed by atoms with Gasteiger partial charge < -0.3 is 14.4 Å². The molecular weight excluding hydrogens is 637 g/mol. The minimum Gasteiger partial charge on any atom is -0.460 e. The first-order valence-corrected chi connectivity index (χ1v) is 18.5. The Hall–Kier alpha value is -5.84. The van der Waals surface area contributed by atoms with E-state index < -0.39 is 5.41 Å². The zero-order valence-corrected chi connectivity index (χ0v) is 29.1. The van der Waals surface area contributed by atoms with Gasteiger partial charge in [-0.3, -0.25) is 4.90 Å². The molecule has 0 amide bonds. The summed E-state index contributed by atoms with van der Waals surface area (Å²) in [5.41, 5.74) is 11.6. The van der Waals surface area contributed by atoms with Crippen LogP contribution in [-0.2, 0) is 5.41 Å². The fraction of sp³-hybridized carbons (Fsp3) is 0.167. The molecule has 252 valence electrons. The van der Waals surface area contributed by atoms with Crippen LogP contribution in [0.15, 0.2) is 175 Å². The lowest BCUT2D eigenvalue weighted by atomic mass is 9.75. The van der Waals surface area contributed by atoms with Gasteiger partial charge >= 0.3 is 0 Å². The molecule has 0 aromatic heterocycles. The van der Waals surface area contributed by atoms with E-state index in [-0.39, 0.29) is 6.04 Å². The standard InChI is InChI=1S/C48H38N2O2/c1-48-25-10-9-20-46(48)52-45-28-35(50-41-18-7-5-16-36(41)39-29-49-30-42(49)47(39)50)22-24-38(45)37-23-21-34(27-44(37)51-43-19-8-6-17-40(43)48)33-15-11-14-32(26-33)31-12-3-2-4-13-31/h2-24,26-28,36,41-42H,25,29-30H2,1H3. The molecule has 5 aromatic rings. The quantitative estimate of drug-likeness (QED) is 0.178. The lowest BCUT2D eigenvalue weighted by Gasteiger charge is -2.36. The predicted molar refractivity (Wildman–Crippen MR) is 210 cm³/mol. The topological polar surface area (TPSA) is 24.7 Å². The average Bonchev–Trinajstić information content (AvgIpc) is 3.75. The molecule has 1 saturated heterocycles. The molecule has 4 heteroatoms. The fourth-order valence-corrected chi connectivity index (χ4v) is 9.22. The summed E-state index contributed by atoms with van der Waals surface area (Å²) in [6.45, 7) is 4.51. The van der Waals surface area contributed by atoms with E-state index in [4.69, 9.17) is 9.47 Å². The number of para-hydroxylation sites is 1. The van der Waals surface area contributed by atoms with Crippen molar-refractivity contribution in [2.75, 3.05) is 18.0 Å². The molecule has 11 rings (SSSR count). The summed E-state index contributed by atoms with van der Waals surface area (Å²) < 4.78 is 14.3. The zero-order chi connectivity index (χ0) is 34.4. The number of rotatable bonds is 3. The van der Waals surface area contributed by atoms with Crippen molar-refractivity contribution in [3.63, 3.8) is 0 Å². The maximum absolute atomic E-state index is 7.23. The molecule has 4 heterocycles. The highest BCUT2D eigenvalue weighted by Gasteiger charge is 2.54. The molecule has 5 aromatic carbocycles. The summed E-state index contributed by atoms with van der Waals surface area (Å²) in [5, 5.41) is 0. The molecule has 52 heavy (non-hydrogen) atoms. The molecule has 4 aliphatic heterocycles. The van der Waals surface area contributed by atoms with E-state index >= 15 is 0 Å².